The van der Waals surface area contributed by atoms with Crippen molar-refractivity contribution in [1.82, 2.24) is 25.0 Å². The number of rotatable bonds is 12. The molecule has 318 valence electrons. The van der Waals surface area contributed by atoms with Crippen LogP contribution >= 0.6 is 11.8 Å². The first-order valence-corrected chi connectivity index (χ1v) is 23.4. The molecule has 3 fully saturated rings. The Kier molecular flexibility index (Phi) is 11.6. The van der Waals surface area contributed by atoms with E-state index in [0.717, 1.165) is 121 Å². The number of ketones is 1. The van der Waals surface area contributed by atoms with Crippen molar-refractivity contribution >= 4 is 51.9 Å². The molecule has 0 spiro atoms. The quantitative estimate of drug-likeness (QED) is 0.0866. The number of thioether (sulfide) groups is 1. The average Bonchev–Trinajstić information content (AvgIpc) is 3.83. The van der Waals surface area contributed by atoms with Gasteiger partial charge in [-0.15, -0.1) is 11.8 Å². The van der Waals surface area contributed by atoms with Crippen LogP contribution < -0.4 is 10.2 Å². The van der Waals surface area contributed by atoms with E-state index in [1.165, 1.54) is 30.5 Å². The van der Waals surface area contributed by atoms with E-state index in [9.17, 15) is 24.4 Å². The molecule has 4 aliphatic heterocycles. The zero-order chi connectivity index (χ0) is 42.4. The summed E-state index contributed by atoms with van der Waals surface area (Å²) in [4.78, 5) is 65.7. The maximum atomic E-state index is 14.1. The molecule has 2 N–H and O–H groups in total. The van der Waals surface area contributed by atoms with Gasteiger partial charge in [0.1, 0.15) is 6.04 Å². The number of piperazine rings is 1. The molecular formula is C49H57N7O4S. The third kappa shape index (κ3) is 7.78. The van der Waals surface area contributed by atoms with Crippen LogP contribution in [0.25, 0.3) is 10.9 Å². The number of hydrogen-bond acceptors (Lipinski definition) is 9. The number of carbonyl (C=O) groups excluding carboxylic acids is 4. The molecular weight excluding hydrogens is 783 g/mol. The molecule has 0 radical (unpaired) electrons. The lowest BCUT2D eigenvalue weighted by Gasteiger charge is -2.44. The Hall–Kier alpha value is -4.96. The molecule has 12 heteroatoms. The monoisotopic (exact) mass is 839 g/mol. The second-order valence-electron chi connectivity index (χ2n) is 18.1. The standard InChI is InChI=1S/C49H57N7O4S/c1-4-32-27-36-38(49(2,3)46-44(45(36)58)35-13-12-31(29-50)26-39(35)51-46)28-41(32)55-19-16-33(17-20-55)54-23-21-53(22-24-54)18-7-5-6-8-25-61-42-11-9-10-34-37(42)30-56(48(34)60)40-14-15-43(57)52-47(40)59/h9-13,26-28,33,40,51H,4-8,14-25,30H2,1-3H3,(H,52,57,59). The van der Waals surface area contributed by atoms with Crippen molar-refractivity contribution in [2.45, 2.75) is 107 Å². The van der Waals surface area contributed by atoms with Gasteiger partial charge in [0.15, 0.2) is 5.78 Å². The lowest BCUT2D eigenvalue weighted by atomic mass is 9.70. The zero-order valence-electron chi connectivity index (χ0n) is 35.8. The highest BCUT2D eigenvalue weighted by molar-refractivity contribution is 7.99. The fourth-order valence-corrected chi connectivity index (χ4v) is 11.7. The number of unbranched alkanes of at least 4 members (excludes halogenated alkanes) is 3. The van der Waals surface area contributed by atoms with Crippen LogP contribution in [-0.4, -0.2) is 107 Å². The first-order chi connectivity index (χ1) is 29.5. The van der Waals surface area contributed by atoms with Gasteiger partial charge in [-0.2, -0.15) is 5.26 Å². The molecule has 9 rings (SSSR count). The van der Waals surface area contributed by atoms with Crippen molar-refractivity contribution < 1.29 is 19.2 Å². The summed E-state index contributed by atoms with van der Waals surface area (Å²) in [6, 6.07) is 18.2. The maximum absolute atomic E-state index is 14.1. The molecule has 1 aliphatic carbocycles. The van der Waals surface area contributed by atoms with Gasteiger partial charge in [-0.25, -0.2) is 0 Å². The minimum atomic E-state index is -0.582. The molecule has 61 heavy (non-hydrogen) atoms. The normalized spacial score (nSPS) is 20.8. The van der Waals surface area contributed by atoms with E-state index >= 15 is 0 Å². The van der Waals surface area contributed by atoms with Crippen molar-refractivity contribution in [3.05, 3.63) is 93.2 Å². The molecule has 1 aromatic heterocycles. The molecule has 4 aromatic rings. The number of nitrogens with one attached hydrogen (secondary N) is 2. The number of fused-ring (bicyclic) bond motifs is 5. The van der Waals surface area contributed by atoms with Crippen LogP contribution in [0.4, 0.5) is 5.69 Å². The summed E-state index contributed by atoms with van der Waals surface area (Å²) >= 11 is 1.81. The number of piperidine rings is 2. The van der Waals surface area contributed by atoms with Crippen LogP contribution in [0.5, 0.6) is 0 Å². The van der Waals surface area contributed by atoms with Gasteiger partial charge in [-0.3, -0.25) is 29.4 Å². The van der Waals surface area contributed by atoms with Crippen LogP contribution in [-0.2, 0) is 28.0 Å². The molecule has 5 heterocycles. The molecule has 5 aliphatic rings. The molecule has 3 saturated heterocycles. The van der Waals surface area contributed by atoms with Gasteiger partial charge >= 0.3 is 0 Å². The number of aryl methyl sites for hydroxylation is 1. The van der Waals surface area contributed by atoms with E-state index in [2.05, 4.69) is 70.0 Å². The van der Waals surface area contributed by atoms with Gasteiger partial charge < -0.3 is 19.7 Å². The summed E-state index contributed by atoms with van der Waals surface area (Å²) in [7, 11) is 0. The van der Waals surface area contributed by atoms with Crippen LogP contribution in [0, 0.1) is 11.3 Å². The van der Waals surface area contributed by atoms with Gasteiger partial charge in [0.25, 0.3) is 5.91 Å². The number of carbonyl (C=O) groups is 4. The lowest BCUT2D eigenvalue weighted by molar-refractivity contribution is -0.136. The van der Waals surface area contributed by atoms with Gasteiger partial charge in [0.05, 0.1) is 17.2 Å². The van der Waals surface area contributed by atoms with Crippen molar-refractivity contribution in [1.29, 1.82) is 5.26 Å². The summed E-state index contributed by atoms with van der Waals surface area (Å²) in [6.45, 7) is 14.8. The van der Waals surface area contributed by atoms with Gasteiger partial charge in [-0.05, 0) is 104 Å². The number of benzene rings is 3. The van der Waals surface area contributed by atoms with Crippen molar-refractivity contribution in [2.24, 2.45) is 0 Å². The van der Waals surface area contributed by atoms with Crippen LogP contribution in [0.2, 0.25) is 0 Å². The smallest absolute Gasteiger partial charge is 0.255 e. The second kappa shape index (κ2) is 17.1. The Balaban J connectivity index is 0.715. The topological polar surface area (TPSA) is 133 Å². The Morgan fingerprint density at radius 2 is 1.67 bits per heavy atom. The predicted octanol–water partition coefficient (Wildman–Crippen LogP) is 7.17. The summed E-state index contributed by atoms with van der Waals surface area (Å²) < 4.78 is 0. The van der Waals surface area contributed by atoms with E-state index in [0.29, 0.717) is 30.1 Å². The summed E-state index contributed by atoms with van der Waals surface area (Å²) in [5, 5.41) is 12.8. The minimum absolute atomic E-state index is 0.0735. The first-order valence-electron chi connectivity index (χ1n) is 22.4. The number of anilines is 1. The van der Waals surface area contributed by atoms with Gasteiger partial charge in [-0.1, -0.05) is 45.7 Å². The van der Waals surface area contributed by atoms with Crippen molar-refractivity contribution in [2.75, 3.05) is 56.5 Å². The first kappa shape index (κ1) is 41.4. The highest BCUT2D eigenvalue weighted by Gasteiger charge is 2.42. The van der Waals surface area contributed by atoms with E-state index in [4.69, 9.17) is 0 Å². The summed E-state index contributed by atoms with van der Waals surface area (Å²) in [6.07, 6.45) is 8.56. The third-order valence-corrected chi connectivity index (χ3v) is 15.4. The van der Waals surface area contributed by atoms with Crippen LogP contribution in [0.1, 0.15) is 126 Å². The lowest BCUT2D eigenvalue weighted by Crippen LogP contribution is -2.53. The van der Waals surface area contributed by atoms with E-state index in [-0.39, 0.29) is 35.3 Å². The van der Waals surface area contributed by atoms with Gasteiger partial charge in [0.2, 0.25) is 11.8 Å². The predicted molar refractivity (Wildman–Crippen MR) is 239 cm³/mol. The Morgan fingerprint density at radius 1 is 0.885 bits per heavy atom. The van der Waals surface area contributed by atoms with E-state index in [1.807, 2.05) is 36.0 Å². The summed E-state index contributed by atoms with van der Waals surface area (Å²) in [5.74, 6) is 0.330. The molecule has 1 unspecified atom stereocenters. The fourth-order valence-electron chi connectivity index (χ4n) is 10.6. The number of H-pyrrole nitrogens is 1. The average molecular weight is 840 g/mol. The number of imide groups is 1. The number of amides is 3. The zero-order valence-corrected chi connectivity index (χ0v) is 36.6. The molecule has 1 atom stereocenters. The van der Waals surface area contributed by atoms with Crippen LogP contribution in [0.3, 0.4) is 0 Å². The highest BCUT2D eigenvalue weighted by atomic mass is 32.2. The Labute approximate surface area is 363 Å². The van der Waals surface area contributed by atoms with Crippen molar-refractivity contribution in [3.8, 4) is 6.07 Å². The fraction of sp³-hybridized carbons (Fsp3) is 0.490. The van der Waals surface area contributed by atoms with Crippen LogP contribution in [0.15, 0.2) is 53.4 Å². The number of aromatic nitrogens is 1. The molecule has 3 aromatic carbocycles. The molecule has 0 bridgehead atoms. The second-order valence-corrected chi connectivity index (χ2v) is 19.3. The number of nitriles is 1. The Morgan fingerprint density at radius 3 is 2.43 bits per heavy atom. The van der Waals surface area contributed by atoms with Gasteiger partial charge in [0, 0.05) is 102 Å². The Bertz CT molecular complexity index is 2430. The third-order valence-electron chi connectivity index (χ3n) is 14.2. The van der Waals surface area contributed by atoms with E-state index < -0.39 is 6.04 Å². The van der Waals surface area contributed by atoms with Crippen molar-refractivity contribution in [3.63, 3.8) is 0 Å². The van der Waals surface area contributed by atoms with E-state index in [1.54, 1.807) is 11.0 Å². The summed E-state index contributed by atoms with van der Waals surface area (Å²) in [5.41, 5.74) is 8.82. The number of nitrogens with zero attached hydrogens (tertiary/aromatic N) is 5. The molecule has 0 saturated carbocycles. The molecule has 11 nitrogen and oxygen atoms in total. The largest absolute Gasteiger partial charge is 0.371 e. The molecule has 3 amide bonds. The number of hydrogen-bond donors (Lipinski definition) is 2. The highest BCUT2D eigenvalue weighted by Crippen LogP contribution is 2.46. The minimum Gasteiger partial charge on any atom is -0.371 e. The SMILES string of the molecule is CCc1cc2c(cc1N1CCC(N3CCN(CCCCCCSc4cccc5c4CN(C4CCC(=O)NC4=O)C5=O)CC3)CC1)C(C)(C)c1[nH]c3cc(C#N)ccc3c1C2=O. The maximum Gasteiger partial charge on any atom is 0.255 e. The number of aromatic amines is 1.